The number of carbonyl (C=O) groups is 3. The summed E-state index contributed by atoms with van der Waals surface area (Å²) in [7, 11) is 0. The van der Waals surface area contributed by atoms with Crippen LogP contribution in [0, 0.1) is 0 Å². The van der Waals surface area contributed by atoms with Gasteiger partial charge in [0.15, 0.2) is 5.96 Å². The molecule has 9 N–H and O–H groups in total. The molecule has 0 bridgehead atoms. The number of nitrogens with zero attached hydrogens (tertiary/aromatic N) is 2. The second-order valence-electron chi connectivity index (χ2n) is 5.88. The molecule has 3 amide bonds. The first-order chi connectivity index (χ1) is 11.2. The molecule has 1 saturated heterocycles. The van der Waals surface area contributed by atoms with Gasteiger partial charge in [0.1, 0.15) is 12.1 Å². The number of rotatable bonds is 8. The van der Waals surface area contributed by atoms with Crippen molar-refractivity contribution in [2.45, 2.75) is 50.7 Å². The van der Waals surface area contributed by atoms with E-state index in [1.807, 2.05) is 0 Å². The van der Waals surface area contributed by atoms with Crippen LogP contribution in [-0.4, -0.2) is 59.8 Å². The fourth-order valence-electron chi connectivity index (χ4n) is 2.54. The van der Waals surface area contributed by atoms with Crippen LogP contribution in [0.25, 0.3) is 0 Å². The second kappa shape index (κ2) is 9.06. The van der Waals surface area contributed by atoms with E-state index in [4.69, 9.17) is 22.9 Å². The van der Waals surface area contributed by atoms with Crippen LogP contribution in [-0.2, 0) is 14.4 Å². The van der Waals surface area contributed by atoms with Crippen molar-refractivity contribution in [1.29, 1.82) is 0 Å². The average Bonchev–Trinajstić information content (AvgIpc) is 2.99. The van der Waals surface area contributed by atoms with Crippen molar-refractivity contribution in [3.05, 3.63) is 0 Å². The molecule has 0 aromatic rings. The Morgan fingerprint density at radius 3 is 2.54 bits per heavy atom. The summed E-state index contributed by atoms with van der Waals surface area (Å²) in [4.78, 5) is 41.0. The molecule has 0 aromatic heterocycles. The normalized spacial score (nSPS) is 19.4. The maximum atomic E-state index is 12.5. The van der Waals surface area contributed by atoms with Crippen molar-refractivity contribution in [2.75, 3.05) is 13.1 Å². The topological polar surface area (TPSA) is 183 Å². The van der Waals surface area contributed by atoms with Crippen molar-refractivity contribution < 1.29 is 14.4 Å². The molecule has 1 aliphatic heterocycles. The molecule has 10 heteroatoms. The van der Waals surface area contributed by atoms with E-state index in [2.05, 4.69) is 10.3 Å². The quantitative estimate of drug-likeness (QED) is 0.182. The minimum absolute atomic E-state index is 0.00486. The summed E-state index contributed by atoms with van der Waals surface area (Å²) in [5.41, 5.74) is 21.5. The number of amides is 3. The molecule has 1 fully saturated rings. The van der Waals surface area contributed by atoms with Gasteiger partial charge in [-0.2, -0.15) is 0 Å². The number of guanidine groups is 1. The van der Waals surface area contributed by atoms with Gasteiger partial charge in [0.2, 0.25) is 17.7 Å². The van der Waals surface area contributed by atoms with Gasteiger partial charge < -0.3 is 33.2 Å². The van der Waals surface area contributed by atoms with E-state index in [1.165, 1.54) is 11.8 Å². The zero-order chi connectivity index (χ0) is 18.3. The van der Waals surface area contributed by atoms with Gasteiger partial charge >= 0.3 is 0 Å². The summed E-state index contributed by atoms with van der Waals surface area (Å²) in [5, 5.41) is 2.52. The van der Waals surface area contributed by atoms with Crippen LogP contribution in [0.2, 0.25) is 0 Å². The van der Waals surface area contributed by atoms with Gasteiger partial charge in [-0.1, -0.05) is 0 Å². The number of aliphatic imine (C=N–C) groups is 1. The zero-order valence-electron chi connectivity index (χ0n) is 13.9. The number of hydrogen-bond acceptors (Lipinski definition) is 5. The average molecular weight is 341 g/mol. The van der Waals surface area contributed by atoms with Crippen LogP contribution < -0.4 is 28.3 Å². The fourth-order valence-corrected chi connectivity index (χ4v) is 2.54. The van der Waals surface area contributed by atoms with Crippen molar-refractivity contribution in [1.82, 2.24) is 10.2 Å². The summed E-state index contributed by atoms with van der Waals surface area (Å²) < 4.78 is 0. The molecule has 0 radical (unpaired) electrons. The lowest BCUT2D eigenvalue weighted by Gasteiger charge is -2.27. The SMILES string of the molecule is C[C@H](NC(=O)C1CCCN1C(=O)C(N)CCCN=C(N)N)C(N)=O. The Kier molecular flexibility index (Phi) is 7.43. The third kappa shape index (κ3) is 5.69. The molecule has 2 unspecified atom stereocenters. The predicted molar refractivity (Wildman–Crippen MR) is 89.4 cm³/mol. The van der Waals surface area contributed by atoms with Gasteiger partial charge in [-0.15, -0.1) is 0 Å². The Hall–Kier alpha value is -2.36. The van der Waals surface area contributed by atoms with Gasteiger partial charge in [0, 0.05) is 13.1 Å². The van der Waals surface area contributed by atoms with Crippen LogP contribution in [0.1, 0.15) is 32.6 Å². The highest BCUT2D eigenvalue weighted by atomic mass is 16.2. The van der Waals surface area contributed by atoms with Crippen molar-refractivity contribution in [3.8, 4) is 0 Å². The van der Waals surface area contributed by atoms with Crippen LogP contribution in [0.4, 0.5) is 0 Å². The maximum Gasteiger partial charge on any atom is 0.243 e. The maximum absolute atomic E-state index is 12.5. The molecule has 3 atom stereocenters. The number of nitrogens with one attached hydrogen (secondary N) is 1. The highest BCUT2D eigenvalue weighted by molar-refractivity contribution is 5.92. The first-order valence-electron chi connectivity index (χ1n) is 7.95. The van der Waals surface area contributed by atoms with Crippen LogP contribution in [0.3, 0.4) is 0 Å². The lowest BCUT2D eigenvalue weighted by atomic mass is 10.1. The Bertz CT molecular complexity index is 505. The molecule has 10 nitrogen and oxygen atoms in total. The van der Waals surface area contributed by atoms with E-state index >= 15 is 0 Å². The molecule has 1 aliphatic rings. The third-order valence-electron chi connectivity index (χ3n) is 3.91. The van der Waals surface area contributed by atoms with E-state index in [-0.39, 0.29) is 17.8 Å². The van der Waals surface area contributed by atoms with Gasteiger partial charge in [-0.3, -0.25) is 19.4 Å². The molecule has 1 rings (SSSR count). The largest absolute Gasteiger partial charge is 0.370 e. The first-order valence-corrected chi connectivity index (χ1v) is 7.95. The van der Waals surface area contributed by atoms with Gasteiger partial charge in [-0.25, -0.2) is 0 Å². The molecular formula is C14H27N7O3. The van der Waals surface area contributed by atoms with Crippen LogP contribution >= 0.6 is 0 Å². The number of primary amides is 1. The van der Waals surface area contributed by atoms with Crippen LogP contribution in [0.15, 0.2) is 4.99 Å². The molecule has 24 heavy (non-hydrogen) atoms. The first kappa shape index (κ1) is 19.7. The van der Waals surface area contributed by atoms with Crippen molar-refractivity contribution >= 4 is 23.7 Å². The smallest absolute Gasteiger partial charge is 0.243 e. The molecule has 0 aliphatic carbocycles. The van der Waals surface area contributed by atoms with Gasteiger partial charge in [0.25, 0.3) is 0 Å². The van der Waals surface area contributed by atoms with E-state index in [0.29, 0.717) is 38.8 Å². The third-order valence-corrected chi connectivity index (χ3v) is 3.91. The second-order valence-corrected chi connectivity index (χ2v) is 5.88. The number of likely N-dealkylation sites (tertiary alicyclic amines) is 1. The Morgan fingerprint density at radius 2 is 1.96 bits per heavy atom. The summed E-state index contributed by atoms with van der Waals surface area (Å²) in [6.45, 7) is 2.35. The van der Waals surface area contributed by atoms with Crippen molar-refractivity contribution in [2.24, 2.45) is 27.9 Å². The van der Waals surface area contributed by atoms with E-state index in [1.54, 1.807) is 0 Å². The zero-order valence-corrected chi connectivity index (χ0v) is 13.9. The van der Waals surface area contributed by atoms with E-state index in [9.17, 15) is 14.4 Å². The summed E-state index contributed by atoms with van der Waals surface area (Å²) in [6.07, 6.45) is 2.21. The number of hydrogen-bond donors (Lipinski definition) is 5. The number of nitrogens with two attached hydrogens (primary N) is 4. The Labute approximate surface area is 141 Å². The standard InChI is InChI=1S/C14H27N7O3/c1-8(11(16)22)20-12(23)10-5-3-7-21(10)13(24)9(15)4-2-6-19-14(17)18/h8-10H,2-7,15H2,1H3,(H2,16,22)(H,20,23)(H4,17,18,19)/t8-,9?,10?/m0/s1. The number of carbonyl (C=O) groups excluding carboxylic acids is 3. The Morgan fingerprint density at radius 1 is 1.29 bits per heavy atom. The van der Waals surface area contributed by atoms with Crippen LogP contribution in [0.5, 0.6) is 0 Å². The monoisotopic (exact) mass is 341 g/mol. The molecular weight excluding hydrogens is 314 g/mol. The summed E-state index contributed by atoms with van der Waals surface area (Å²) >= 11 is 0. The lowest BCUT2D eigenvalue weighted by Crippen LogP contribution is -2.54. The molecule has 0 spiro atoms. The lowest BCUT2D eigenvalue weighted by molar-refractivity contribution is -0.140. The summed E-state index contributed by atoms with van der Waals surface area (Å²) in [6, 6.07) is -2.13. The Balaban J connectivity index is 2.56. The van der Waals surface area contributed by atoms with Gasteiger partial charge in [-0.05, 0) is 32.6 Å². The minimum atomic E-state index is -0.789. The van der Waals surface area contributed by atoms with E-state index < -0.39 is 24.0 Å². The molecule has 1 heterocycles. The summed E-state index contributed by atoms with van der Waals surface area (Å²) in [5.74, 6) is -1.31. The van der Waals surface area contributed by atoms with E-state index in [0.717, 1.165) is 0 Å². The molecule has 136 valence electrons. The highest BCUT2D eigenvalue weighted by Crippen LogP contribution is 2.19. The molecule has 0 aromatic carbocycles. The fraction of sp³-hybridized carbons (Fsp3) is 0.714. The highest BCUT2D eigenvalue weighted by Gasteiger charge is 2.36. The predicted octanol–water partition coefficient (Wildman–Crippen LogP) is -2.65. The molecule has 0 saturated carbocycles. The minimum Gasteiger partial charge on any atom is -0.370 e. The van der Waals surface area contributed by atoms with Crippen molar-refractivity contribution in [3.63, 3.8) is 0 Å². The van der Waals surface area contributed by atoms with Gasteiger partial charge in [0.05, 0.1) is 6.04 Å².